The summed E-state index contributed by atoms with van der Waals surface area (Å²) in [6.45, 7) is 1.83. The topological polar surface area (TPSA) is 89.9 Å². The molecule has 0 atom stereocenters. The molecule has 1 N–H and O–H groups in total. The molecule has 6 nitrogen and oxygen atoms in total. The SMILES string of the molecule is COC(=O)c1cc(OS(=O)(=O)c2ccc(C)cc2)ccc1O. The highest BCUT2D eigenvalue weighted by atomic mass is 32.2. The summed E-state index contributed by atoms with van der Waals surface area (Å²) in [5.41, 5.74) is 0.732. The van der Waals surface area contributed by atoms with Gasteiger partial charge in [0, 0.05) is 6.07 Å². The normalized spacial score (nSPS) is 11.0. The van der Waals surface area contributed by atoms with E-state index in [-0.39, 0.29) is 22.0 Å². The standard InChI is InChI=1S/C15H14O6S/c1-10-3-6-12(7-4-10)22(18,19)21-11-5-8-14(16)13(9-11)15(17)20-2/h3-9,16H,1-2H3. The number of methoxy groups -OCH3 is 1. The smallest absolute Gasteiger partial charge is 0.341 e. The van der Waals surface area contributed by atoms with Crippen molar-refractivity contribution < 1.29 is 27.2 Å². The summed E-state index contributed by atoms with van der Waals surface area (Å²) in [5, 5.41) is 9.58. The van der Waals surface area contributed by atoms with Gasteiger partial charge in [0.25, 0.3) is 0 Å². The first-order valence-corrected chi connectivity index (χ1v) is 7.67. The van der Waals surface area contributed by atoms with Crippen LogP contribution in [0.2, 0.25) is 0 Å². The van der Waals surface area contributed by atoms with Crippen molar-refractivity contribution in [3.05, 3.63) is 53.6 Å². The lowest BCUT2D eigenvalue weighted by Crippen LogP contribution is -2.10. The van der Waals surface area contributed by atoms with Crippen LogP contribution in [0.5, 0.6) is 11.5 Å². The van der Waals surface area contributed by atoms with Crippen molar-refractivity contribution in [2.45, 2.75) is 11.8 Å². The second kappa shape index (κ2) is 6.07. The number of aryl methyl sites for hydroxylation is 1. The Morgan fingerprint density at radius 3 is 2.32 bits per heavy atom. The molecular formula is C15H14O6S. The van der Waals surface area contributed by atoms with Crippen LogP contribution in [0.1, 0.15) is 15.9 Å². The molecule has 0 spiro atoms. The summed E-state index contributed by atoms with van der Waals surface area (Å²) in [6, 6.07) is 9.64. The van der Waals surface area contributed by atoms with Gasteiger partial charge in [-0.2, -0.15) is 8.42 Å². The first-order valence-electron chi connectivity index (χ1n) is 6.26. The number of hydrogen-bond donors (Lipinski definition) is 1. The van der Waals surface area contributed by atoms with E-state index < -0.39 is 16.1 Å². The minimum Gasteiger partial charge on any atom is -0.507 e. The molecule has 2 aromatic carbocycles. The Balaban J connectivity index is 2.34. The summed E-state index contributed by atoms with van der Waals surface area (Å²) in [4.78, 5) is 11.5. The zero-order valence-electron chi connectivity index (χ0n) is 11.9. The average molecular weight is 322 g/mol. The fraction of sp³-hybridized carbons (Fsp3) is 0.133. The van der Waals surface area contributed by atoms with E-state index in [0.717, 1.165) is 24.8 Å². The van der Waals surface area contributed by atoms with Crippen LogP contribution in [-0.2, 0) is 14.9 Å². The Morgan fingerprint density at radius 1 is 1.09 bits per heavy atom. The van der Waals surface area contributed by atoms with Crippen molar-refractivity contribution >= 4 is 16.1 Å². The van der Waals surface area contributed by atoms with Crippen LogP contribution in [0, 0.1) is 6.92 Å². The van der Waals surface area contributed by atoms with Crippen LogP contribution in [0.3, 0.4) is 0 Å². The molecule has 0 radical (unpaired) electrons. The molecule has 0 heterocycles. The van der Waals surface area contributed by atoms with Crippen LogP contribution >= 0.6 is 0 Å². The van der Waals surface area contributed by atoms with Gasteiger partial charge in [0.05, 0.1) is 7.11 Å². The molecule has 0 bridgehead atoms. The molecule has 0 aliphatic heterocycles. The van der Waals surface area contributed by atoms with Gasteiger partial charge >= 0.3 is 16.1 Å². The van der Waals surface area contributed by atoms with Crippen molar-refractivity contribution in [2.24, 2.45) is 0 Å². The molecular weight excluding hydrogens is 308 g/mol. The Bertz CT molecular complexity index is 793. The molecule has 7 heteroatoms. The third-order valence-electron chi connectivity index (χ3n) is 2.89. The lowest BCUT2D eigenvalue weighted by Gasteiger charge is -2.09. The molecule has 2 rings (SSSR count). The summed E-state index contributed by atoms with van der Waals surface area (Å²) < 4.78 is 33.8. The van der Waals surface area contributed by atoms with Crippen molar-refractivity contribution in [1.29, 1.82) is 0 Å². The van der Waals surface area contributed by atoms with Crippen molar-refractivity contribution in [3.63, 3.8) is 0 Å². The molecule has 0 aromatic heterocycles. The van der Waals surface area contributed by atoms with Crippen LogP contribution in [0.15, 0.2) is 47.4 Å². The predicted molar refractivity (Wildman–Crippen MR) is 78.4 cm³/mol. The summed E-state index contributed by atoms with van der Waals surface area (Å²) in [6.07, 6.45) is 0. The molecule has 0 amide bonds. The van der Waals surface area contributed by atoms with Gasteiger partial charge in [-0.3, -0.25) is 0 Å². The number of hydrogen-bond acceptors (Lipinski definition) is 6. The molecule has 0 unspecified atom stereocenters. The predicted octanol–water partition coefficient (Wildman–Crippen LogP) is 2.25. The Kier molecular flexibility index (Phi) is 4.37. The number of phenols is 1. The van der Waals surface area contributed by atoms with Gasteiger partial charge < -0.3 is 14.0 Å². The zero-order valence-corrected chi connectivity index (χ0v) is 12.8. The Labute approximate surface area is 128 Å². The maximum Gasteiger partial charge on any atom is 0.341 e. The van der Waals surface area contributed by atoms with Crippen LogP contribution < -0.4 is 4.18 Å². The summed E-state index contributed by atoms with van der Waals surface area (Å²) >= 11 is 0. The lowest BCUT2D eigenvalue weighted by molar-refractivity contribution is 0.0597. The van der Waals surface area contributed by atoms with E-state index >= 15 is 0 Å². The Morgan fingerprint density at radius 2 is 1.73 bits per heavy atom. The number of carbonyl (C=O) groups is 1. The largest absolute Gasteiger partial charge is 0.507 e. The van der Waals surface area contributed by atoms with Gasteiger partial charge in [0.2, 0.25) is 0 Å². The fourth-order valence-corrected chi connectivity index (χ4v) is 2.64. The van der Waals surface area contributed by atoms with Gasteiger partial charge in [-0.15, -0.1) is 0 Å². The van der Waals surface area contributed by atoms with E-state index in [1.807, 2.05) is 6.92 Å². The van der Waals surface area contributed by atoms with Gasteiger partial charge in [0.1, 0.15) is 22.0 Å². The van der Waals surface area contributed by atoms with Crippen LogP contribution in [-0.4, -0.2) is 26.6 Å². The second-order valence-corrected chi connectivity index (χ2v) is 6.07. The highest BCUT2D eigenvalue weighted by Crippen LogP contribution is 2.26. The number of rotatable bonds is 4. The minimum atomic E-state index is -4.03. The monoisotopic (exact) mass is 322 g/mol. The molecule has 0 aliphatic carbocycles. The first-order chi connectivity index (χ1) is 10.3. The number of esters is 1. The van der Waals surface area contributed by atoms with Gasteiger partial charge in [-0.25, -0.2) is 4.79 Å². The number of ether oxygens (including phenoxy) is 1. The van der Waals surface area contributed by atoms with E-state index in [1.54, 1.807) is 12.1 Å². The van der Waals surface area contributed by atoms with E-state index in [4.69, 9.17) is 4.18 Å². The van der Waals surface area contributed by atoms with E-state index in [9.17, 15) is 18.3 Å². The Hall–Kier alpha value is -2.54. The molecule has 0 saturated carbocycles. The maximum absolute atomic E-state index is 12.1. The van der Waals surface area contributed by atoms with Gasteiger partial charge in [-0.1, -0.05) is 17.7 Å². The summed E-state index contributed by atoms with van der Waals surface area (Å²) in [5.74, 6) is -1.22. The molecule has 0 fully saturated rings. The quantitative estimate of drug-likeness (QED) is 0.686. The van der Waals surface area contributed by atoms with E-state index in [0.29, 0.717) is 0 Å². The maximum atomic E-state index is 12.1. The number of carbonyl (C=O) groups excluding carboxylic acids is 1. The number of phenolic OH excluding ortho intramolecular Hbond substituents is 1. The highest BCUT2D eigenvalue weighted by molar-refractivity contribution is 7.87. The molecule has 0 aliphatic rings. The van der Waals surface area contributed by atoms with Crippen molar-refractivity contribution in [3.8, 4) is 11.5 Å². The minimum absolute atomic E-state index is 0.00852. The molecule has 2 aromatic rings. The summed E-state index contributed by atoms with van der Waals surface area (Å²) in [7, 11) is -2.87. The molecule has 0 saturated heterocycles. The van der Waals surface area contributed by atoms with Crippen molar-refractivity contribution in [2.75, 3.05) is 7.11 Å². The van der Waals surface area contributed by atoms with Crippen LogP contribution in [0.25, 0.3) is 0 Å². The first kappa shape index (κ1) is 15.8. The second-order valence-electron chi connectivity index (χ2n) is 4.52. The van der Waals surface area contributed by atoms with Gasteiger partial charge in [0.15, 0.2) is 0 Å². The fourth-order valence-electron chi connectivity index (χ4n) is 1.72. The van der Waals surface area contributed by atoms with Crippen LogP contribution in [0.4, 0.5) is 0 Å². The lowest BCUT2D eigenvalue weighted by atomic mass is 10.2. The third kappa shape index (κ3) is 3.37. The molecule has 22 heavy (non-hydrogen) atoms. The zero-order chi connectivity index (χ0) is 16.3. The third-order valence-corrected chi connectivity index (χ3v) is 4.15. The molecule has 116 valence electrons. The highest BCUT2D eigenvalue weighted by Gasteiger charge is 2.19. The number of aromatic hydroxyl groups is 1. The number of benzene rings is 2. The van der Waals surface area contributed by atoms with E-state index in [1.165, 1.54) is 18.2 Å². The van der Waals surface area contributed by atoms with E-state index in [2.05, 4.69) is 4.74 Å². The van der Waals surface area contributed by atoms with Crippen molar-refractivity contribution in [1.82, 2.24) is 0 Å². The van der Waals surface area contributed by atoms with Gasteiger partial charge in [-0.05, 0) is 31.2 Å². The average Bonchev–Trinajstić information content (AvgIpc) is 2.48.